The number of amides is 1. The molecular formula is C16H12BrF4NO2. The van der Waals surface area contributed by atoms with Gasteiger partial charge in [0.15, 0.2) is 0 Å². The Hall–Kier alpha value is -1.93. The zero-order valence-corrected chi connectivity index (χ0v) is 13.7. The van der Waals surface area contributed by atoms with Crippen molar-refractivity contribution in [2.24, 2.45) is 0 Å². The van der Waals surface area contributed by atoms with Gasteiger partial charge < -0.3 is 10.4 Å². The Kier molecular flexibility index (Phi) is 5.29. The van der Waals surface area contributed by atoms with Crippen LogP contribution in [0.3, 0.4) is 0 Å². The van der Waals surface area contributed by atoms with Gasteiger partial charge in [0.05, 0.1) is 0 Å². The van der Waals surface area contributed by atoms with Gasteiger partial charge in [0, 0.05) is 22.1 Å². The minimum atomic E-state index is -5.24. The van der Waals surface area contributed by atoms with Crippen molar-refractivity contribution in [3.8, 4) is 0 Å². The summed E-state index contributed by atoms with van der Waals surface area (Å²) < 4.78 is 54.1. The molecule has 0 saturated carbocycles. The van der Waals surface area contributed by atoms with Gasteiger partial charge in [-0.2, -0.15) is 13.2 Å². The van der Waals surface area contributed by atoms with Crippen LogP contribution in [-0.2, 0) is 16.9 Å². The maximum Gasteiger partial charge on any atom is 0.430 e. The summed E-state index contributed by atoms with van der Waals surface area (Å²) in [7, 11) is 0. The Bertz CT molecular complexity index is 737. The molecule has 0 bridgehead atoms. The molecule has 3 nitrogen and oxygen atoms in total. The van der Waals surface area contributed by atoms with Crippen LogP contribution in [0.4, 0.5) is 17.6 Å². The fourth-order valence-corrected chi connectivity index (χ4v) is 2.49. The topological polar surface area (TPSA) is 49.3 Å². The van der Waals surface area contributed by atoms with Crippen LogP contribution in [0, 0.1) is 5.82 Å². The van der Waals surface area contributed by atoms with E-state index >= 15 is 0 Å². The molecule has 2 aromatic carbocycles. The number of benzene rings is 2. The Morgan fingerprint density at radius 1 is 1.12 bits per heavy atom. The lowest BCUT2D eigenvalue weighted by atomic mass is 9.92. The van der Waals surface area contributed by atoms with Crippen molar-refractivity contribution in [1.29, 1.82) is 0 Å². The average Bonchev–Trinajstić information content (AvgIpc) is 2.54. The highest BCUT2D eigenvalue weighted by molar-refractivity contribution is 9.10. The van der Waals surface area contributed by atoms with Crippen LogP contribution in [-0.4, -0.2) is 17.2 Å². The molecule has 0 radical (unpaired) electrons. The van der Waals surface area contributed by atoms with Crippen molar-refractivity contribution < 1.29 is 27.5 Å². The number of nitrogens with one attached hydrogen (secondary N) is 1. The lowest BCUT2D eigenvalue weighted by molar-refractivity contribution is -0.257. The third kappa shape index (κ3) is 3.59. The van der Waals surface area contributed by atoms with Gasteiger partial charge in [-0.05, 0) is 18.2 Å². The molecule has 0 spiro atoms. The summed E-state index contributed by atoms with van der Waals surface area (Å²) in [4.78, 5) is 12.1. The maximum atomic E-state index is 13.6. The van der Waals surface area contributed by atoms with Crippen molar-refractivity contribution in [2.75, 3.05) is 0 Å². The number of hydrogen-bond donors (Lipinski definition) is 2. The van der Waals surface area contributed by atoms with E-state index in [0.717, 1.165) is 18.2 Å². The van der Waals surface area contributed by atoms with E-state index in [4.69, 9.17) is 0 Å². The third-order valence-electron chi connectivity index (χ3n) is 3.38. The summed E-state index contributed by atoms with van der Waals surface area (Å²) in [6, 6.07) is 9.83. The summed E-state index contributed by atoms with van der Waals surface area (Å²) in [5.41, 5.74) is -4.36. The molecule has 8 heteroatoms. The molecule has 1 atom stereocenters. The zero-order valence-electron chi connectivity index (χ0n) is 12.1. The smallest absolute Gasteiger partial charge is 0.369 e. The van der Waals surface area contributed by atoms with Gasteiger partial charge in [-0.1, -0.05) is 46.3 Å². The van der Waals surface area contributed by atoms with Crippen molar-refractivity contribution in [2.45, 2.75) is 18.3 Å². The van der Waals surface area contributed by atoms with E-state index in [9.17, 15) is 27.5 Å². The highest BCUT2D eigenvalue weighted by atomic mass is 79.9. The zero-order chi connectivity index (χ0) is 18.0. The number of carbonyl (C=O) groups is 1. The van der Waals surface area contributed by atoms with E-state index in [0.29, 0.717) is 4.47 Å². The lowest BCUT2D eigenvalue weighted by Gasteiger charge is -2.29. The second-order valence-corrected chi connectivity index (χ2v) is 5.91. The second kappa shape index (κ2) is 6.90. The SMILES string of the molecule is O=C(NCc1cc(Br)ccc1F)C(O)(c1ccccc1)C(F)(F)F. The van der Waals surface area contributed by atoms with Crippen LogP contribution in [0.5, 0.6) is 0 Å². The van der Waals surface area contributed by atoms with E-state index in [1.54, 1.807) is 0 Å². The van der Waals surface area contributed by atoms with E-state index in [1.807, 2.05) is 5.32 Å². The predicted molar refractivity (Wildman–Crippen MR) is 82.3 cm³/mol. The molecule has 0 aromatic heterocycles. The van der Waals surface area contributed by atoms with Gasteiger partial charge in [-0.25, -0.2) is 4.39 Å². The molecule has 128 valence electrons. The number of alkyl halides is 3. The van der Waals surface area contributed by atoms with Crippen molar-refractivity contribution in [3.05, 3.63) is 69.9 Å². The van der Waals surface area contributed by atoms with Gasteiger partial charge in [-0.15, -0.1) is 0 Å². The molecule has 24 heavy (non-hydrogen) atoms. The molecule has 2 aromatic rings. The molecule has 0 heterocycles. The Morgan fingerprint density at radius 2 is 1.75 bits per heavy atom. The monoisotopic (exact) mass is 405 g/mol. The molecular weight excluding hydrogens is 394 g/mol. The molecule has 0 aliphatic rings. The van der Waals surface area contributed by atoms with E-state index in [1.165, 1.54) is 30.3 Å². The van der Waals surface area contributed by atoms with Crippen LogP contribution in [0.2, 0.25) is 0 Å². The molecule has 0 aliphatic heterocycles. The van der Waals surface area contributed by atoms with Crippen LogP contribution in [0.25, 0.3) is 0 Å². The maximum absolute atomic E-state index is 13.6. The van der Waals surface area contributed by atoms with Crippen LogP contribution in [0.15, 0.2) is 53.0 Å². The Balaban J connectivity index is 2.28. The fourth-order valence-electron chi connectivity index (χ4n) is 2.09. The standard InChI is InChI=1S/C16H12BrF4NO2/c17-12-6-7-13(18)10(8-12)9-22-14(23)15(24,16(19,20)21)11-4-2-1-3-5-11/h1-8,24H,9H2,(H,22,23). The molecule has 2 rings (SSSR count). The minimum Gasteiger partial charge on any atom is -0.369 e. The quantitative estimate of drug-likeness (QED) is 0.762. The first-order valence-electron chi connectivity index (χ1n) is 6.73. The first-order chi connectivity index (χ1) is 11.2. The van der Waals surface area contributed by atoms with Gasteiger partial charge in [0.2, 0.25) is 0 Å². The van der Waals surface area contributed by atoms with E-state index < -0.39 is 35.6 Å². The van der Waals surface area contributed by atoms with E-state index in [-0.39, 0.29) is 5.56 Å². The van der Waals surface area contributed by atoms with E-state index in [2.05, 4.69) is 15.9 Å². The number of carbonyl (C=O) groups excluding carboxylic acids is 1. The highest BCUT2D eigenvalue weighted by Crippen LogP contribution is 2.39. The summed E-state index contributed by atoms with van der Waals surface area (Å²) in [6.07, 6.45) is -5.24. The average molecular weight is 406 g/mol. The van der Waals surface area contributed by atoms with Crippen molar-refractivity contribution >= 4 is 21.8 Å². The number of rotatable bonds is 4. The number of hydrogen-bond acceptors (Lipinski definition) is 2. The first kappa shape index (κ1) is 18.4. The van der Waals surface area contributed by atoms with Gasteiger partial charge in [0.25, 0.3) is 11.5 Å². The molecule has 2 N–H and O–H groups in total. The molecule has 0 aliphatic carbocycles. The first-order valence-corrected chi connectivity index (χ1v) is 7.52. The van der Waals surface area contributed by atoms with Crippen molar-refractivity contribution in [3.63, 3.8) is 0 Å². The number of aliphatic hydroxyl groups is 1. The Labute approximate surface area is 143 Å². The molecule has 0 fully saturated rings. The highest BCUT2D eigenvalue weighted by Gasteiger charge is 2.60. The summed E-state index contributed by atoms with van der Waals surface area (Å²) in [5, 5.41) is 12.0. The molecule has 1 unspecified atom stereocenters. The second-order valence-electron chi connectivity index (χ2n) is 4.99. The van der Waals surface area contributed by atoms with Crippen LogP contribution >= 0.6 is 15.9 Å². The van der Waals surface area contributed by atoms with Gasteiger partial charge in [-0.3, -0.25) is 4.79 Å². The lowest BCUT2D eigenvalue weighted by Crippen LogP contribution is -2.54. The summed E-state index contributed by atoms with van der Waals surface area (Å²) in [6.45, 7) is -0.505. The van der Waals surface area contributed by atoms with Crippen molar-refractivity contribution in [1.82, 2.24) is 5.32 Å². The van der Waals surface area contributed by atoms with Crippen LogP contribution < -0.4 is 5.32 Å². The molecule has 1 amide bonds. The van der Waals surface area contributed by atoms with Crippen LogP contribution in [0.1, 0.15) is 11.1 Å². The normalized spacial score (nSPS) is 14.1. The minimum absolute atomic E-state index is 0.0182. The largest absolute Gasteiger partial charge is 0.430 e. The molecule has 0 saturated heterocycles. The summed E-state index contributed by atoms with van der Waals surface area (Å²) in [5.74, 6) is -2.37. The predicted octanol–water partition coefficient (Wildman–Crippen LogP) is 3.65. The Morgan fingerprint density at radius 3 is 2.33 bits per heavy atom. The fraction of sp³-hybridized carbons (Fsp3) is 0.188. The number of halogens is 5. The third-order valence-corrected chi connectivity index (χ3v) is 3.87. The van der Waals surface area contributed by atoms with Gasteiger partial charge in [0.1, 0.15) is 5.82 Å². The van der Waals surface area contributed by atoms with Gasteiger partial charge >= 0.3 is 6.18 Å². The summed E-state index contributed by atoms with van der Waals surface area (Å²) >= 11 is 3.10.